The van der Waals surface area contributed by atoms with Crippen LogP contribution in [0.15, 0.2) is 58.7 Å². The number of nitrogens with one attached hydrogen (secondary N) is 2. The molecule has 38 heavy (non-hydrogen) atoms. The molecule has 0 aromatic heterocycles. The fraction of sp³-hybridized carbons (Fsp3) is 0.433. The summed E-state index contributed by atoms with van der Waals surface area (Å²) in [6.07, 6.45) is 6.57. The van der Waals surface area contributed by atoms with E-state index in [9.17, 15) is 4.79 Å². The minimum atomic E-state index is -0.353. The van der Waals surface area contributed by atoms with Crippen LogP contribution in [0.25, 0.3) is 0 Å². The first-order chi connectivity index (χ1) is 18.3. The quantitative estimate of drug-likeness (QED) is 0.121. The Labute approximate surface area is 234 Å². The van der Waals surface area contributed by atoms with Crippen molar-refractivity contribution >= 4 is 36.3 Å². The Balaban J connectivity index is 0.000000682. The van der Waals surface area contributed by atoms with Crippen LogP contribution in [0.4, 0.5) is 5.69 Å². The first kappa shape index (κ1) is 32.7. The van der Waals surface area contributed by atoms with Crippen molar-refractivity contribution in [3.63, 3.8) is 0 Å². The van der Waals surface area contributed by atoms with Gasteiger partial charge in [0.15, 0.2) is 0 Å². The van der Waals surface area contributed by atoms with Crippen molar-refractivity contribution in [1.82, 2.24) is 5.32 Å². The molecule has 0 saturated heterocycles. The second-order valence-corrected chi connectivity index (χ2v) is 8.86. The van der Waals surface area contributed by atoms with Gasteiger partial charge in [0.25, 0.3) is 5.91 Å². The topological polar surface area (TPSA) is 101 Å². The predicted octanol–water partition coefficient (Wildman–Crippen LogP) is 5.31. The van der Waals surface area contributed by atoms with E-state index in [0.29, 0.717) is 17.4 Å². The number of ether oxygens (including phenoxy) is 1. The normalized spacial score (nSPS) is 13.9. The number of hydrogen-bond donors (Lipinski definition) is 4. The maximum atomic E-state index is 12.7. The number of anilines is 1. The van der Waals surface area contributed by atoms with Crippen molar-refractivity contribution in [2.75, 3.05) is 25.2 Å². The van der Waals surface area contributed by atoms with Crippen LogP contribution < -0.4 is 16.4 Å². The molecule has 1 aliphatic rings. The van der Waals surface area contributed by atoms with Crippen LogP contribution in [0.3, 0.4) is 0 Å². The van der Waals surface area contributed by atoms with Crippen LogP contribution in [0.5, 0.6) is 0 Å². The Morgan fingerprint density at radius 1 is 1.21 bits per heavy atom. The van der Waals surface area contributed by atoms with Crippen LogP contribution in [-0.2, 0) is 4.74 Å². The molecule has 4 N–H and O–H groups in total. The predicted molar refractivity (Wildman–Crippen MR) is 164 cm³/mol. The second kappa shape index (κ2) is 18.9. The summed E-state index contributed by atoms with van der Waals surface area (Å²) in [6, 6.07) is 15.2. The summed E-state index contributed by atoms with van der Waals surface area (Å²) in [5, 5.41) is 14.3. The van der Waals surface area contributed by atoms with Crippen LogP contribution in [0.1, 0.15) is 61.5 Å². The van der Waals surface area contributed by atoms with E-state index in [2.05, 4.69) is 71.3 Å². The number of carbonyl (C=O) groups is 1. The number of benzene rings is 2. The van der Waals surface area contributed by atoms with Crippen LogP contribution in [0, 0.1) is 24.7 Å². The highest BCUT2D eigenvalue weighted by Crippen LogP contribution is 2.27. The number of rotatable bonds is 8. The average molecular weight is 538 g/mol. The lowest BCUT2D eigenvalue weighted by Gasteiger charge is -2.11. The first-order valence-electron chi connectivity index (χ1n) is 12.9. The first-order valence-corrected chi connectivity index (χ1v) is 13.8. The van der Waals surface area contributed by atoms with Crippen LogP contribution in [0.2, 0.25) is 0 Å². The monoisotopic (exact) mass is 537 g/mol. The van der Waals surface area contributed by atoms with Crippen molar-refractivity contribution in [2.45, 2.75) is 59.0 Å². The molecule has 1 unspecified atom stereocenters. The van der Waals surface area contributed by atoms with Crippen molar-refractivity contribution in [2.24, 2.45) is 21.9 Å². The smallest absolute Gasteiger partial charge is 0.252 e. The zero-order valence-electron chi connectivity index (χ0n) is 23.5. The summed E-state index contributed by atoms with van der Waals surface area (Å²) < 4.78 is 5.10. The lowest BCUT2D eigenvalue weighted by molar-refractivity contribution is 0.0948. The van der Waals surface area contributed by atoms with Gasteiger partial charge in [-0.1, -0.05) is 54.7 Å². The highest BCUT2D eigenvalue weighted by atomic mass is 32.1. The SMILES string of the molecule is CCCNc1cc(/C=N/N=C(\OC)C(C)N)cc(C(=O)N[C@H](C)C#CC2CC2)c1.CS.Cc1ccccc1. The fourth-order valence-corrected chi connectivity index (χ4v) is 3.02. The molecule has 2 atom stereocenters. The number of nitrogens with zero attached hydrogens (tertiary/aromatic N) is 2. The molecule has 7 nitrogen and oxygen atoms in total. The van der Waals surface area contributed by atoms with Gasteiger partial charge in [-0.15, -0.1) is 5.10 Å². The van der Waals surface area contributed by atoms with Crippen LogP contribution in [-0.4, -0.2) is 50.0 Å². The molecule has 1 amide bonds. The van der Waals surface area contributed by atoms with E-state index in [1.807, 2.05) is 37.3 Å². The number of thiol groups is 1. The third-order valence-corrected chi connectivity index (χ3v) is 5.13. The van der Waals surface area contributed by atoms with Gasteiger partial charge in [0.05, 0.1) is 25.4 Å². The van der Waals surface area contributed by atoms with E-state index in [1.54, 1.807) is 25.5 Å². The van der Waals surface area contributed by atoms with Crippen molar-refractivity contribution in [3.05, 3.63) is 65.2 Å². The van der Waals surface area contributed by atoms with Gasteiger partial charge in [0.1, 0.15) is 0 Å². The van der Waals surface area contributed by atoms with Gasteiger partial charge < -0.3 is 21.1 Å². The van der Waals surface area contributed by atoms with Gasteiger partial charge in [0.2, 0.25) is 5.90 Å². The highest BCUT2D eigenvalue weighted by molar-refractivity contribution is 7.79. The minimum Gasteiger partial charge on any atom is -0.482 e. The number of carbonyl (C=O) groups excluding carboxylic acids is 1. The number of hydrogen-bond acceptors (Lipinski definition) is 7. The van der Waals surface area contributed by atoms with Gasteiger partial charge in [0, 0.05) is 23.7 Å². The molecule has 0 aliphatic heterocycles. The second-order valence-electron chi connectivity index (χ2n) is 8.86. The van der Waals surface area contributed by atoms with Gasteiger partial charge in [-0.3, -0.25) is 4.79 Å². The third kappa shape index (κ3) is 13.9. The van der Waals surface area contributed by atoms with E-state index in [4.69, 9.17) is 10.5 Å². The number of methoxy groups -OCH3 is 1. The molecule has 0 radical (unpaired) electrons. The summed E-state index contributed by atoms with van der Waals surface area (Å²) in [4.78, 5) is 12.7. The largest absolute Gasteiger partial charge is 0.482 e. The standard InChI is InChI=1S/C22H31N5O2.C7H8.CH4S/c1-5-10-24-20-12-18(14-25-27-22(29-4)16(3)23)11-19(13-20)21(28)26-15(2)6-7-17-8-9-17;1-7-5-3-2-4-6-7;1-2/h11-17,24H,5,8-10,23H2,1-4H3,(H,26,28);2-6H,1H3;2H,1H3/b25-14+,27-22-;;/t15-,16?;;/m1../s1. The molecule has 1 aliphatic carbocycles. The molecule has 1 fully saturated rings. The zero-order chi connectivity index (χ0) is 28.3. The van der Waals surface area contributed by atoms with Crippen molar-refractivity contribution in [1.29, 1.82) is 0 Å². The molecule has 0 bridgehead atoms. The summed E-state index contributed by atoms with van der Waals surface area (Å²) >= 11 is 3.53. The molecule has 206 valence electrons. The Bertz CT molecular complexity index is 1090. The number of nitrogens with two attached hydrogens (primary N) is 1. The Morgan fingerprint density at radius 3 is 2.42 bits per heavy atom. The van der Waals surface area contributed by atoms with Gasteiger partial charge in [-0.05, 0) is 70.1 Å². The molecule has 1 saturated carbocycles. The maximum absolute atomic E-state index is 12.7. The third-order valence-electron chi connectivity index (χ3n) is 5.13. The molecule has 2 aromatic carbocycles. The van der Waals surface area contributed by atoms with E-state index < -0.39 is 0 Å². The van der Waals surface area contributed by atoms with Crippen molar-refractivity contribution < 1.29 is 9.53 Å². The van der Waals surface area contributed by atoms with E-state index >= 15 is 0 Å². The Kier molecular flexibility index (Phi) is 16.3. The zero-order valence-corrected chi connectivity index (χ0v) is 24.4. The van der Waals surface area contributed by atoms with Gasteiger partial charge in [-0.25, -0.2) is 0 Å². The highest BCUT2D eigenvalue weighted by Gasteiger charge is 2.18. The molecular formula is C30H43N5O2S. The average Bonchev–Trinajstić information content (AvgIpc) is 3.75. The molecule has 3 rings (SSSR count). The maximum Gasteiger partial charge on any atom is 0.252 e. The summed E-state index contributed by atoms with van der Waals surface area (Å²) in [5.74, 6) is 6.96. The Hall–Kier alpha value is -3.28. The van der Waals surface area contributed by atoms with E-state index in [1.165, 1.54) is 12.7 Å². The van der Waals surface area contributed by atoms with Crippen molar-refractivity contribution in [3.8, 4) is 11.8 Å². The molecule has 8 heteroatoms. The van der Waals surface area contributed by atoms with Gasteiger partial charge >= 0.3 is 0 Å². The van der Waals surface area contributed by atoms with E-state index in [-0.39, 0.29) is 18.0 Å². The Morgan fingerprint density at radius 2 is 1.89 bits per heavy atom. The molecular weight excluding hydrogens is 494 g/mol. The van der Waals surface area contributed by atoms with E-state index in [0.717, 1.165) is 37.1 Å². The summed E-state index contributed by atoms with van der Waals surface area (Å²) in [7, 11) is 1.50. The molecule has 2 aromatic rings. The minimum absolute atomic E-state index is 0.172. The summed E-state index contributed by atoms with van der Waals surface area (Å²) in [5.41, 5.74) is 9.21. The number of aryl methyl sites for hydroxylation is 1. The lowest BCUT2D eigenvalue weighted by atomic mass is 10.1. The molecule has 0 heterocycles. The number of amides is 1. The summed E-state index contributed by atoms with van der Waals surface area (Å²) in [6.45, 7) is 8.63. The molecule has 0 spiro atoms. The van der Waals surface area contributed by atoms with Crippen LogP contribution >= 0.6 is 12.6 Å². The lowest BCUT2D eigenvalue weighted by Crippen LogP contribution is -2.31. The fourth-order valence-electron chi connectivity index (χ4n) is 3.02. The van der Waals surface area contributed by atoms with Gasteiger partial charge in [-0.2, -0.15) is 17.7 Å².